The summed E-state index contributed by atoms with van der Waals surface area (Å²) in [6, 6.07) is 10.8. The van der Waals surface area contributed by atoms with Crippen molar-refractivity contribution in [2.45, 2.75) is 18.2 Å². The zero-order valence-electron chi connectivity index (χ0n) is 17.7. The minimum absolute atomic E-state index is 0.0683. The minimum atomic E-state index is -3.82. The van der Waals surface area contributed by atoms with Crippen molar-refractivity contribution >= 4 is 21.6 Å². The summed E-state index contributed by atoms with van der Waals surface area (Å²) in [5, 5.41) is 2.81. The molecular weight excluding hydrogens is 408 g/mol. The van der Waals surface area contributed by atoms with E-state index in [1.54, 1.807) is 30.3 Å². The summed E-state index contributed by atoms with van der Waals surface area (Å²) in [5.74, 6) is 0.544. The molecular formula is C21H28N2O6S. The van der Waals surface area contributed by atoms with Gasteiger partial charge in [0.25, 0.3) is 15.9 Å². The second-order valence-corrected chi connectivity index (χ2v) is 8.31. The topological polar surface area (TPSA) is 94.2 Å². The van der Waals surface area contributed by atoms with Crippen LogP contribution in [-0.2, 0) is 14.8 Å². The number of carbonyl (C=O) groups excluding carboxylic acids is 1. The first kappa shape index (κ1) is 23.5. The Morgan fingerprint density at radius 3 is 2.30 bits per heavy atom. The van der Waals surface area contributed by atoms with Crippen molar-refractivity contribution in [1.82, 2.24) is 5.32 Å². The molecule has 0 atom stereocenters. The first-order chi connectivity index (χ1) is 14.3. The van der Waals surface area contributed by atoms with E-state index < -0.39 is 10.0 Å². The fraction of sp³-hybridized carbons (Fsp3) is 0.381. The molecule has 0 saturated carbocycles. The molecule has 0 radical (unpaired) electrons. The van der Waals surface area contributed by atoms with Gasteiger partial charge >= 0.3 is 0 Å². The van der Waals surface area contributed by atoms with Crippen molar-refractivity contribution in [3.8, 4) is 11.5 Å². The van der Waals surface area contributed by atoms with Crippen molar-refractivity contribution in [1.29, 1.82) is 0 Å². The lowest BCUT2D eigenvalue weighted by Crippen LogP contribution is -2.27. The molecule has 0 saturated heterocycles. The SMILES string of the molecule is CCOCCCNC(=O)c1ccc(N(C)S(=O)(=O)c2ccc(OC)c(OC)c2)cc1. The summed E-state index contributed by atoms with van der Waals surface area (Å²) in [4.78, 5) is 12.3. The molecule has 0 spiro atoms. The second-order valence-electron chi connectivity index (χ2n) is 6.34. The van der Waals surface area contributed by atoms with Gasteiger partial charge in [-0.15, -0.1) is 0 Å². The van der Waals surface area contributed by atoms with Gasteiger partial charge in [-0.1, -0.05) is 0 Å². The molecule has 0 aliphatic carbocycles. The molecule has 2 aromatic rings. The summed E-state index contributed by atoms with van der Waals surface area (Å²) >= 11 is 0. The smallest absolute Gasteiger partial charge is 0.264 e. The standard InChI is InChI=1S/C21H28N2O6S/c1-5-29-14-6-13-22-21(24)16-7-9-17(10-8-16)23(2)30(25,26)18-11-12-19(27-3)20(15-18)28-4/h7-12,15H,5-6,13-14H2,1-4H3,(H,22,24). The number of sulfonamides is 1. The number of nitrogens with one attached hydrogen (secondary N) is 1. The van der Waals surface area contributed by atoms with E-state index in [1.807, 2.05) is 6.92 Å². The highest BCUT2D eigenvalue weighted by molar-refractivity contribution is 7.92. The summed E-state index contributed by atoms with van der Waals surface area (Å²) in [5.41, 5.74) is 0.879. The number of nitrogens with zero attached hydrogens (tertiary/aromatic N) is 1. The van der Waals surface area contributed by atoms with Gasteiger partial charge in [0, 0.05) is 38.4 Å². The van der Waals surface area contributed by atoms with Gasteiger partial charge in [-0.3, -0.25) is 9.10 Å². The first-order valence-corrected chi connectivity index (χ1v) is 11.0. The summed E-state index contributed by atoms with van der Waals surface area (Å²) in [7, 11) is 0.555. The maximum atomic E-state index is 13.0. The molecule has 1 amide bonds. The van der Waals surface area contributed by atoms with Crippen LogP contribution in [0.2, 0.25) is 0 Å². The Balaban J connectivity index is 2.11. The minimum Gasteiger partial charge on any atom is -0.493 e. The summed E-state index contributed by atoms with van der Waals surface area (Å²) in [6.45, 7) is 3.67. The van der Waals surface area contributed by atoms with Crippen molar-refractivity contribution in [2.24, 2.45) is 0 Å². The Bertz CT molecular complexity index is 944. The number of hydrogen-bond donors (Lipinski definition) is 1. The third-order valence-electron chi connectivity index (χ3n) is 4.46. The molecule has 164 valence electrons. The molecule has 0 aliphatic heterocycles. The van der Waals surface area contributed by atoms with Gasteiger partial charge in [0.15, 0.2) is 11.5 Å². The summed E-state index contributed by atoms with van der Waals surface area (Å²) in [6.07, 6.45) is 0.726. The van der Waals surface area contributed by atoms with Gasteiger partial charge in [-0.2, -0.15) is 0 Å². The highest BCUT2D eigenvalue weighted by Crippen LogP contribution is 2.31. The van der Waals surface area contributed by atoms with Gasteiger partial charge in [0.1, 0.15) is 0 Å². The van der Waals surface area contributed by atoms with Crippen LogP contribution < -0.4 is 19.1 Å². The fourth-order valence-corrected chi connectivity index (χ4v) is 3.93. The van der Waals surface area contributed by atoms with E-state index >= 15 is 0 Å². The predicted molar refractivity (Wildman–Crippen MR) is 115 cm³/mol. The molecule has 0 bridgehead atoms. The molecule has 30 heavy (non-hydrogen) atoms. The zero-order valence-corrected chi connectivity index (χ0v) is 18.5. The third kappa shape index (κ3) is 5.64. The van der Waals surface area contributed by atoms with E-state index in [1.165, 1.54) is 33.4 Å². The van der Waals surface area contributed by atoms with E-state index in [9.17, 15) is 13.2 Å². The van der Waals surface area contributed by atoms with Crippen LogP contribution in [-0.4, -0.2) is 55.4 Å². The number of carbonyl (C=O) groups is 1. The number of hydrogen-bond acceptors (Lipinski definition) is 6. The van der Waals surface area contributed by atoms with Crippen molar-refractivity contribution in [3.63, 3.8) is 0 Å². The highest BCUT2D eigenvalue weighted by atomic mass is 32.2. The molecule has 0 unspecified atom stereocenters. The summed E-state index contributed by atoms with van der Waals surface area (Å²) < 4.78 is 42.7. The monoisotopic (exact) mass is 436 g/mol. The van der Waals surface area contributed by atoms with Crippen LogP contribution in [0.4, 0.5) is 5.69 Å². The van der Waals surface area contributed by atoms with Crippen molar-refractivity contribution in [3.05, 3.63) is 48.0 Å². The Morgan fingerprint density at radius 1 is 1.03 bits per heavy atom. The van der Waals surface area contributed by atoms with Gasteiger partial charge in [0.05, 0.1) is 24.8 Å². The van der Waals surface area contributed by atoms with Crippen molar-refractivity contribution < 1.29 is 27.4 Å². The van der Waals surface area contributed by atoms with Crippen LogP contribution in [0.3, 0.4) is 0 Å². The Labute approximate surface area is 177 Å². The van der Waals surface area contributed by atoms with Gasteiger partial charge < -0.3 is 19.5 Å². The van der Waals surface area contributed by atoms with E-state index in [4.69, 9.17) is 14.2 Å². The number of ether oxygens (including phenoxy) is 3. The average Bonchev–Trinajstić information content (AvgIpc) is 2.77. The molecule has 0 aromatic heterocycles. The molecule has 8 nitrogen and oxygen atoms in total. The second kappa shape index (κ2) is 10.8. The van der Waals surface area contributed by atoms with E-state index in [-0.39, 0.29) is 10.8 Å². The molecule has 2 rings (SSSR count). The van der Waals surface area contributed by atoms with Crippen molar-refractivity contribution in [2.75, 3.05) is 45.3 Å². The quantitative estimate of drug-likeness (QED) is 0.545. The van der Waals surface area contributed by atoms with Gasteiger partial charge in [-0.25, -0.2) is 8.42 Å². The van der Waals surface area contributed by atoms with E-state index in [0.29, 0.717) is 42.5 Å². The fourth-order valence-electron chi connectivity index (χ4n) is 2.72. The Morgan fingerprint density at radius 2 is 1.70 bits per heavy atom. The van der Waals surface area contributed by atoms with Crippen LogP contribution >= 0.6 is 0 Å². The maximum absolute atomic E-state index is 13.0. The van der Waals surface area contributed by atoms with Crippen LogP contribution in [0.1, 0.15) is 23.7 Å². The van der Waals surface area contributed by atoms with Crippen LogP contribution in [0, 0.1) is 0 Å². The predicted octanol–water partition coefficient (Wildman–Crippen LogP) is 2.69. The number of rotatable bonds is 11. The van der Waals surface area contributed by atoms with E-state index in [2.05, 4.69) is 5.32 Å². The number of amides is 1. The third-order valence-corrected chi connectivity index (χ3v) is 6.24. The maximum Gasteiger partial charge on any atom is 0.264 e. The molecule has 9 heteroatoms. The van der Waals surface area contributed by atoms with Crippen LogP contribution in [0.5, 0.6) is 11.5 Å². The zero-order chi connectivity index (χ0) is 22.1. The molecule has 1 N–H and O–H groups in total. The van der Waals surface area contributed by atoms with Gasteiger partial charge in [-0.05, 0) is 49.7 Å². The lowest BCUT2D eigenvalue weighted by Gasteiger charge is -2.20. The lowest BCUT2D eigenvalue weighted by molar-refractivity contribution is 0.0944. The number of anilines is 1. The van der Waals surface area contributed by atoms with Crippen LogP contribution in [0.15, 0.2) is 47.4 Å². The van der Waals surface area contributed by atoms with E-state index in [0.717, 1.165) is 10.7 Å². The highest BCUT2D eigenvalue weighted by Gasteiger charge is 2.23. The Hall–Kier alpha value is -2.78. The first-order valence-electron chi connectivity index (χ1n) is 9.52. The van der Waals surface area contributed by atoms with Crippen LogP contribution in [0.25, 0.3) is 0 Å². The molecule has 2 aromatic carbocycles. The molecule has 0 heterocycles. The molecule has 0 aliphatic rings. The number of methoxy groups -OCH3 is 2. The average molecular weight is 437 g/mol. The Kier molecular flexibility index (Phi) is 8.49. The number of benzene rings is 2. The normalized spacial score (nSPS) is 11.1. The van der Waals surface area contributed by atoms with Gasteiger partial charge in [0.2, 0.25) is 0 Å². The lowest BCUT2D eigenvalue weighted by atomic mass is 10.2. The molecule has 0 fully saturated rings. The largest absolute Gasteiger partial charge is 0.493 e.